The average Bonchev–Trinajstić information content (AvgIpc) is 2.89. The number of rotatable bonds is 12. The minimum atomic E-state index is -1.10. The Morgan fingerprint density at radius 1 is 1.18 bits per heavy atom. The fourth-order valence-corrected chi connectivity index (χ4v) is 5.89. The average molecular weight is 778 g/mol. The van der Waals surface area contributed by atoms with Crippen molar-refractivity contribution in [1.82, 2.24) is 16.1 Å². The number of esters is 1. The minimum absolute atomic E-state index is 0.0709. The Morgan fingerprint density at radius 3 is 2.50 bits per heavy atom. The molecule has 0 saturated carbocycles. The zero-order valence-electron chi connectivity index (χ0n) is 22.7. The van der Waals surface area contributed by atoms with Crippen molar-refractivity contribution in [2.45, 2.75) is 46.1 Å². The van der Waals surface area contributed by atoms with Gasteiger partial charge in [0, 0.05) is 5.70 Å². The van der Waals surface area contributed by atoms with Crippen LogP contribution in [0.1, 0.15) is 44.9 Å². The van der Waals surface area contributed by atoms with Gasteiger partial charge in [0.25, 0.3) is 0 Å². The van der Waals surface area contributed by atoms with Gasteiger partial charge in [-0.2, -0.15) is 5.10 Å². The molecule has 4 N–H and O–H groups in total. The Kier molecular flexibility index (Phi) is 11.7. The summed E-state index contributed by atoms with van der Waals surface area (Å²) in [5.74, 6) is 1.03. The van der Waals surface area contributed by atoms with E-state index in [9.17, 15) is 14.7 Å². The Morgan fingerprint density at radius 2 is 1.88 bits per heavy atom. The molecule has 13 heteroatoms. The summed E-state index contributed by atoms with van der Waals surface area (Å²) >= 11 is 4.44. The zero-order valence-corrected chi connectivity index (χ0v) is 27.0. The first kappa shape index (κ1) is 31.7. The molecule has 0 saturated heterocycles. The lowest BCUT2D eigenvalue weighted by Crippen LogP contribution is -2.45. The summed E-state index contributed by atoms with van der Waals surface area (Å²) in [7, 11) is 1.28. The van der Waals surface area contributed by atoms with E-state index in [-0.39, 0.29) is 18.3 Å². The van der Waals surface area contributed by atoms with Crippen LogP contribution in [0.5, 0.6) is 17.2 Å². The van der Waals surface area contributed by atoms with Gasteiger partial charge in [-0.15, -0.1) is 0 Å². The molecule has 0 fully saturated rings. The number of aliphatic hydroxyl groups is 1. The van der Waals surface area contributed by atoms with Crippen LogP contribution in [-0.2, 0) is 9.53 Å². The molecule has 1 aliphatic rings. The Balaban J connectivity index is 1.68. The molecule has 1 aliphatic heterocycles. The number of nitrogens with zero attached hydrogens (tertiary/aromatic N) is 1. The number of amides is 2. The molecule has 0 radical (unpaired) electrons. The topological polar surface area (TPSA) is 140 Å². The minimum Gasteiger partial charge on any atom is -0.490 e. The number of hydrogen-bond acceptors (Lipinski definition) is 9. The molecule has 0 aromatic heterocycles. The van der Waals surface area contributed by atoms with Crippen LogP contribution in [0.2, 0.25) is 0 Å². The van der Waals surface area contributed by atoms with E-state index in [2.05, 4.69) is 66.3 Å². The van der Waals surface area contributed by atoms with E-state index < -0.39 is 24.3 Å². The number of aliphatic hydroxyl groups excluding tert-OH is 1. The van der Waals surface area contributed by atoms with Crippen LogP contribution < -0.4 is 30.3 Å². The van der Waals surface area contributed by atoms with Gasteiger partial charge in [0.05, 0.1) is 44.8 Å². The summed E-state index contributed by atoms with van der Waals surface area (Å²) in [6.45, 7) is 7.64. The zero-order chi connectivity index (χ0) is 29.4. The lowest BCUT2D eigenvalue weighted by Gasteiger charge is -2.28. The monoisotopic (exact) mass is 778 g/mol. The molecule has 40 heavy (non-hydrogen) atoms. The normalized spacial score (nSPS) is 15.9. The number of hydrogen-bond donors (Lipinski definition) is 4. The van der Waals surface area contributed by atoms with Gasteiger partial charge < -0.3 is 34.7 Å². The SMILES string of the molecule is CCOc1cc([C@H]2NC(=O)NC(C)=C2C(=O)OC)ccc1OC[C@@H](O)N/N=C/c1cc(I)c(OC(C)C)c(I)c1. The molecule has 0 aliphatic carbocycles. The highest BCUT2D eigenvalue weighted by molar-refractivity contribution is 14.1. The molecule has 2 atom stereocenters. The first-order chi connectivity index (χ1) is 19.0. The molecule has 216 valence electrons. The molecule has 2 amide bonds. The number of halogens is 2. The summed E-state index contributed by atoms with van der Waals surface area (Å²) in [5.41, 5.74) is 4.78. The second-order valence-corrected chi connectivity index (χ2v) is 11.2. The number of nitrogens with one attached hydrogen (secondary N) is 3. The Hall–Kier alpha value is -2.79. The van der Waals surface area contributed by atoms with E-state index in [1.165, 1.54) is 7.11 Å². The molecule has 0 bridgehead atoms. The third kappa shape index (κ3) is 8.36. The standard InChI is InChI=1S/C27H32I2N4O7/c1-6-38-21-11-17(24-23(26(35)37-5)15(4)31-27(36)32-24)7-8-20(21)39-13-22(34)33-30-12-16-9-18(28)25(19(29)10-16)40-14(2)3/h7-12,14,22,24,33-34H,6,13H2,1-5H3,(H2,31,32,36)/b30-12+/t22-,24-/m1/s1. The van der Waals surface area contributed by atoms with Crippen molar-refractivity contribution in [3.63, 3.8) is 0 Å². The third-order valence-electron chi connectivity index (χ3n) is 5.48. The summed E-state index contributed by atoms with van der Waals surface area (Å²) in [6, 6.07) is 7.74. The van der Waals surface area contributed by atoms with Crippen molar-refractivity contribution in [1.29, 1.82) is 0 Å². The highest BCUT2D eigenvalue weighted by atomic mass is 127. The number of benzene rings is 2. The molecular formula is C27H32I2N4O7. The molecule has 0 spiro atoms. The highest BCUT2D eigenvalue weighted by Gasteiger charge is 2.32. The molecular weight excluding hydrogens is 746 g/mol. The summed E-state index contributed by atoms with van der Waals surface area (Å²) < 4.78 is 24.2. The van der Waals surface area contributed by atoms with Crippen LogP contribution in [0.15, 0.2) is 46.7 Å². The van der Waals surface area contributed by atoms with E-state index in [1.54, 1.807) is 31.3 Å². The van der Waals surface area contributed by atoms with E-state index in [0.717, 1.165) is 18.5 Å². The van der Waals surface area contributed by atoms with Crippen molar-refractivity contribution in [3.8, 4) is 17.2 Å². The number of allylic oxidation sites excluding steroid dienone is 1. The molecule has 0 unspecified atom stereocenters. The number of hydrazone groups is 1. The summed E-state index contributed by atoms with van der Waals surface area (Å²) in [5, 5.41) is 19.8. The molecule has 2 aromatic carbocycles. The number of ether oxygens (including phenoxy) is 4. The molecule has 2 aromatic rings. The van der Waals surface area contributed by atoms with Crippen molar-refractivity contribution in [2.75, 3.05) is 20.3 Å². The van der Waals surface area contributed by atoms with Gasteiger partial charge in [-0.05, 0) is 108 Å². The maximum absolute atomic E-state index is 12.4. The fourth-order valence-electron chi connectivity index (χ4n) is 3.82. The van der Waals surface area contributed by atoms with Crippen LogP contribution in [0.3, 0.4) is 0 Å². The summed E-state index contributed by atoms with van der Waals surface area (Å²) in [4.78, 5) is 24.5. The van der Waals surface area contributed by atoms with Gasteiger partial charge in [-0.1, -0.05) is 6.07 Å². The first-order valence-electron chi connectivity index (χ1n) is 12.4. The van der Waals surface area contributed by atoms with Gasteiger partial charge in [0.15, 0.2) is 17.7 Å². The maximum atomic E-state index is 12.4. The molecule has 11 nitrogen and oxygen atoms in total. The van der Waals surface area contributed by atoms with Crippen LogP contribution in [0.4, 0.5) is 4.79 Å². The van der Waals surface area contributed by atoms with Crippen molar-refractivity contribution in [3.05, 3.63) is 59.9 Å². The number of urea groups is 1. The fraction of sp³-hybridized carbons (Fsp3) is 0.370. The van der Waals surface area contributed by atoms with Crippen LogP contribution >= 0.6 is 45.2 Å². The van der Waals surface area contributed by atoms with Crippen molar-refractivity contribution >= 4 is 63.4 Å². The largest absolute Gasteiger partial charge is 0.490 e. The highest BCUT2D eigenvalue weighted by Crippen LogP contribution is 2.35. The lowest BCUT2D eigenvalue weighted by atomic mass is 9.95. The number of methoxy groups -OCH3 is 1. The Labute approximate surface area is 260 Å². The van der Waals surface area contributed by atoms with Crippen molar-refractivity contribution < 1.29 is 33.6 Å². The quantitative estimate of drug-likeness (QED) is 0.0828. The Bertz CT molecular complexity index is 1280. The third-order valence-corrected chi connectivity index (χ3v) is 7.09. The predicted octanol–water partition coefficient (Wildman–Crippen LogP) is 4.20. The van der Waals surface area contributed by atoms with E-state index in [1.807, 2.05) is 32.9 Å². The second kappa shape index (κ2) is 14.7. The van der Waals surface area contributed by atoms with Gasteiger partial charge in [-0.3, -0.25) is 5.43 Å². The van der Waals surface area contributed by atoms with E-state index >= 15 is 0 Å². The predicted molar refractivity (Wildman–Crippen MR) is 167 cm³/mol. The summed E-state index contributed by atoms with van der Waals surface area (Å²) in [6.07, 6.45) is 0.573. The van der Waals surface area contributed by atoms with Crippen LogP contribution in [-0.4, -0.2) is 56.0 Å². The lowest BCUT2D eigenvalue weighted by molar-refractivity contribution is -0.136. The molecule has 3 rings (SSSR count). The number of carbonyl (C=O) groups is 2. The van der Waals surface area contributed by atoms with E-state index in [4.69, 9.17) is 18.9 Å². The van der Waals surface area contributed by atoms with Gasteiger partial charge >= 0.3 is 12.0 Å². The first-order valence-corrected chi connectivity index (χ1v) is 14.6. The second-order valence-electron chi connectivity index (χ2n) is 8.90. The van der Waals surface area contributed by atoms with Crippen LogP contribution in [0, 0.1) is 7.14 Å². The van der Waals surface area contributed by atoms with E-state index in [0.29, 0.717) is 29.4 Å². The molecule has 1 heterocycles. The van der Waals surface area contributed by atoms with Gasteiger partial charge in [-0.25, -0.2) is 9.59 Å². The van der Waals surface area contributed by atoms with Crippen molar-refractivity contribution in [2.24, 2.45) is 5.10 Å². The maximum Gasteiger partial charge on any atom is 0.337 e. The van der Waals surface area contributed by atoms with Gasteiger partial charge in [0.2, 0.25) is 0 Å². The number of carbonyl (C=O) groups excluding carboxylic acids is 2. The smallest absolute Gasteiger partial charge is 0.337 e. The van der Waals surface area contributed by atoms with Gasteiger partial charge in [0.1, 0.15) is 12.4 Å². The van der Waals surface area contributed by atoms with Crippen LogP contribution in [0.25, 0.3) is 0 Å².